The highest BCUT2D eigenvalue weighted by Gasteiger charge is 2.54. The van der Waals surface area contributed by atoms with E-state index >= 15 is 0 Å². The monoisotopic (exact) mass is 683 g/mol. The Morgan fingerprint density at radius 1 is 0.400 bits per heavy atom. The van der Waals surface area contributed by atoms with Crippen molar-refractivity contribution in [2.24, 2.45) is 0 Å². The van der Waals surface area contributed by atoms with Gasteiger partial charge in [0.25, 0.3) is 0 Å². The molecule has 3 nitrogen and oxygen atoms in total. The predicted octanol–water partition coefficient (Wildman–Crippen LogP) is 10.4. The molecule has 0 aliphatic heterocycles. The van der Waals surface area contributed by atoms with Gasteiger partial charge in [-0.3, -0.25) is 0 Å². The molecular weight excluding hydrogens is 672 g/mol. The van der Waals surface area contributed by atoms with Gasteiger partial charge in [-0.15, -0.1) is 0 Å². The van der Waals surface area contributed by atoms with E-state index in [-0.39, 0.29) is 0 Å². The van der Waals surface area contributed by atoms with E-state index in [0.717, 1.165) is 6.07 Å². The number of halogens is 18. The third-order valence-corrected chi connectivity index (χ3v) is 5.93. The van der Waals surface area contributed by atoms with Crippen LogP contribution in [0.1, 0.15) is 33.4 Å². The van der Waals surface area contributed by atoms with E-state index in [2.05, 4.69) is 0 Å². The molecule has 0 heterocycles. The minimum Gasteiger partial charge on any atom is -0.398 e. The van der Waals surface area contributed by atoms with Crippen LogP contribution in [0.2, 0.25) is 0 Å². The molecule has 0 saturated carbocycles. The van der Waals surface area contributed by atoms with Gasteiger partial charge in [0.1, 0.15) is 0 Å². The van der Waals surface area contributed by atoms with E-state index in [9.17, 15) is 79.0 Å². The minimum atomic E-state index is -6.50. The largest absolute Gasteiger partial charge is 0.419 e. The fourth-order valence-electron chi connectivity index (χ4n) is 4.34. The van der Waals surface area contributed by atoms with Crippen LogP contribution in [0, 0.1) is 0 Å². The van der Waals surface area contributed by atoms with Gasteiger partial charge in [-0.05, 0) is 24.3 Å². The van der Waals surface area contributed by atoms with Gasteiger partial charge in [-0.2, -0.15) is 79.0 Å². The van der Waals surface area contributed by atoms with Gasteiger partial charge in [-0.25, -0.2) is 0 Å². The van der Waals surface area contributed by atoms with Crippen molar-refractivity contribution in [3.05, 3.63) is 75.8 Å². The van der Waals surface area contributed by atoms with E-state index in [0.29, 0.717) is 24.3 Å². The quantitative estimate of drug-likeness (QED) is 0.214. The van der Waals surface area contributed by atoms with Crippen LogP contribution in [-0.2, 0) is 37.1 Å². The number of para-hydroxylation sites is 1. The van der Waals surface area contributed by atoms with Gasteiger partial charge in [0.15, 0.2) is 0 Å². The zero-order valence-corrected chi connectivity index (χ0v) is 20.9. The maximum Gasteiger partial charge on any atom is 0.419 e. The first-order valence-corrected chi connectivity index (χ1v) is 11.2. The molecule has 0 amide bonds. The van der Waals surface area contributed by atoms with E-state index in [1.54, 1.807) is 0 Å². The lowest BCUT2D eigenvalue weighted by molar-refractivity contribution is -0.162. The predicted molar refractivity (Wildman–Crippen MR) is 120 cm³/mol. The fourth-order valence-corrected chi connectivity index (χ4v) is 4.34. The summed E-state index contributed by atoms with van der Waals surface area (Å²) in [6.45, 7) is 0. The highest BCUT2D eigenvalue weighted by molar-refractivity contribution is 5.87. The molecule has 0 spiro atoms. The number of alkyl halides is 18. The Hall–Kier alpha value is -4.20. The summed E-state index contributed by atoms with van der Waals surface area (Å²) < 4.78 is 252. The van der Waals surface area contributed by atoms with Crippen LogP contribution < -0.4 is 16.4 Å². The topological polar surface area (TPSA) is 55.3 Å². The Bertz CT molecular complexity index is 1470. The Morgan fingerprint density at radius 3 is 0.933 bits per heavy atom. The molecule has 45 heavy (non-hydrogen) atoms. The maximum atomic E-state index is 14.3. The SMILES string of the molecule is Nc1c(C(F)(F)F)cc(N(c2ccccc2)c2cc(C(F)(F)F)c(N)c(C(F)(F)F)c2C(F)(F)F)c(C(F)(F)F)c1C(F)(F)F. The molecule has 0 radical (unpaired) electrons. The summed E-state index contributed by atoms with van der Waals surface area (Å²) in [7, 11) is 0. The molecule has 0 atom stereocenters. The number of benzene rings is 3. The summed E-state index contributed by atoms with van der Waals surface area (Å²) in [4.78, 5) is -0.903. The van der Waals surface area contributed by atoms with Crippen LogP contribution in [0.3, 0.4) is 0 Å². The van der Waals surface area contributed by atoms with Gasteiger partial charge in [0.2, 0.25) is 0 Å². The smallest absolute Gasteiger partial charge is 0.398 e. The van der Waals surface area contributed by atoms with Crippen LogP contribution in [-0.4, -0.2) is 0 Å². The van der Waals surface area contributed by atoms with Gasteiger partial charge in [0.05, 0.1) is 56.1 Å². The highest BCUT2D eigenvalue weighted by Crippen LogP contribution is 2.57. The number of rotatable bonds is 3. The summed E-state index contributed by atoms with van der Waals surface area (Å²) in [5, 5.41) is 0. The van der Waals surface area contributed by atoms with Crippen LogP contribution in [0.15, 0.2) is 42.5 Å². The highest BCUT2D eigenvalue weighted by atomic mass is 19.4. The van der Waals surface area contributed by atoms with Gasteiger partial charge >= 0.3 is 37.1 Å². The number of hydrogen-bond donors (Lipinski definition) is 2. The number of anilines is 5. The molecule has 4 N–H and O–H groups in total. The Kier molecular flexibility index (Phi) is 8.40. The molecule has 0 bridgehead atoms. The zero-order valence-electron chi connectivity index (χ0n) is 20.9. The average Bonchev–Trinajstić information content (AvgIpc) is 2.81. The van der Waals surface area contributed by atoms with Crippen molar-refractivity contribution >= 4 is 28.4 Å². The maximum absolute atomic E-state index is 14.3. The minimum absolute atomic E-state index is 0.383. The number of nitrogen functional groups attached to an aromatic ring is 2. The average molecular weight is 683 g/mol. The first-order chi connectivity index (χ1) is 20.0. The van der Waals surface area contributed by atoms with Crippen molar-refractivity contribution in [3.63, 3.8) is 0 Å². The zero-order chi connectivity index (χ0) is 34.9. The van der Waals surface area contributed by atoms with Gasteiger partial charge in [0, 0.05) is 5.69 Å². The third-order valence-electron chi connectivity index (χ3n) is 5.93. The lowest BCUT2D eigenvalue weighted by Crippen LogP contribution is -2.29. The number of hydrogen-bond acceptors (Lipinski definition) is 3. The molecule has 0 fully saturated rings. The molecule has 248 valence electrons. The first-order valence-electron chi connectivity index (χ1n) is 11.2. The molecule has 0 aliphatic carbocycles. The molecule has 3 rings (SSSR count). The van der Waals surface area contributed by atoms with E-state index in [1.165, 1.54) is 0 Å². The molecule has 3 aromatic rings. The Labute approximate surface area is 237 Å². The molecular formula is C24H11F18N3. The lowest BCUT2D eigenvalue weighted by atomic mass is 9.93. The van der Waals surface area contributed by atoms with Crippen molar-refractivity contribution in [1.82, 2.24) is 0 Å². The molecule has 0 unspecified atom stereocenters. The molecule has 3 aromatic carbocycles. The van der Waals surface area contributed by atoms with Crippen molar-refractivity contribution in [2.45, 2.75) is 37.1 Å². The second-order valence-electron chi connectivity index (χ2n) is 8.87. The lowest BCUT2D eigenvalue weighted by Gasteiger charge is -2.34. The van der Waals surface area contributed by atoms with Crippen LogP contribution >= 0.6 is 0 Å². The summed E-state index contributed by atoms with van der Waals surface area (Å²) in [6, 6.07) is 1.34. The second-order valence-corrected chi connectivity index (χ2v) is 8.87. The fraction of sp³-hybridized carbons (Fsp3) is 0.250. The van der Waals surface area contributed by atoms with E-state index < -0.39 is 116 Å². The van der Waals surface area contributed by atoms with Crippen LogP contribution in [0.5, 0.6) is 0 Å². The van der Waals surface area contributed by atoms with Crippen molar-refractivity contribution in [1.29, 1.82) is 0 Å². The van der Waals surface area contributed by atoms with Gasteiger partial charge in [-0.1, -0.05) is 18.2 Å². The standard InChI is InChI=1S/C24H11F18N3/c25-19(26,27)9-6-11(13(21(31,32)33)15(17(9)43)23(37,38)39)45(8-4-2-1-3-5-8)12-7-10(20(28,29)30)18(44)16(24(40,41)42)14(12)22(34,35)36/h1-7H,43-44H2. The van der Waals surface area contributed by atoms with Crippen molar-refractivity contribution < 1.29 is 79.0 Å². The van der Waals surface area contributed by atoms with Gasteiger partial charge < -0.3 is 16.4 Å². The summed E-state index contributed by atoms with van der Waals surface area (Å²) in [6.07, 6.45) is -38.2. The van der Waals surface area contributed by atoms with E-state index in [4.69, 9.17) is 11.5 Å². The molecule has 0 aromatic heterocycles. The summed E-state index contributed by atoms with van der Waals surface area (Å²) in [5.74, 6) is 0. The molecule has 0 saturated heterocycles. The van der Waals surface area contributed by atoms with Crippen LogP contribution in [0.4, 0.5) is 107 Å². The summed E-state index contributed by atoms with van der Waals surface area (Å²) >= 11 is 0. The van der Waals surface area contributed by atoms with Crippen LogP contribution in [0.25, 0.3) is 0 Å². The number of nitrogens with zero attached hydrogens (tertiary/aromatic N) is 1. The van der Waals surface area contributed by atoms with Crippen molar-refractivity contribution in [2.75, 3.05) is 16.4 Å². The second kappa shape index (κ2) is 10.7. The third kappa shape index (κ3) is 6.75. The normalized spacial score (nSPS) is 13.7. The Morgan fingerprint density at radius 2 is 0.689 bits per heavy atom. The number of nitrogens with two attached hydrogens (primary N) is 2. The summed E-state index contributed by atoms with van der Waals surface area (Å²) in [5.41, 5.74) is -20.9. The van der Waals surface area contributed by atoms with E-state index in [1.807, 2.05) is 0 Å². The first kappa shape index (κ1) is 35.3. The molecule has 0 aliphatic rings. The Balaban J connectivity index is 2.86. The van der Waals surface area contributed by atoms with Crippen molar-refractivity contribution in [3.8, 4) is 0 Å². The molecule has 21 heteroatoms.